The van der Waals surface area contributed by atoms with Crippen molar-refractivity contribution >= 4 is 38.9 Å². The molecular formula is C52H42N2. The minimum absolute atomic E-state index is 1.14. The summed E-state index contributed by atoms with van der Waals surface area (Å²) in [6.45, 7) is 8.97. The van der Waals surface area contributed by atoms with E-state index in [1.807, 2.05) is 0 Å². The Morgan fingerprint density at radius 2 is 0.796 bits per heavy atom. The summed E-state index contributed by atoms with van der Waals surface area (Å²) >= 11 is 0. The van der Waals surface area contributed by atoms with Crippen LogP contribution < -0.4 is 4.90 Å². The predicted molar refractivity (Wildman–Crippen MR) is 231 cm³/mol. The molecule has 0 saturated heterocycles. The molecule has 0 bridgehead atoms. The van der Waals surface area contributed by atoms with Crippen molar-refractivity contribution in [2.75, 3.05) is 4.90 Å². The molecule has 0 aliphatic rings. The summed E-state index contributed by atoms with van der Waals surface area (Å²) in [6, 6.07) is 66.1. The Labute approximate surface area is 318 Å². The molecule has 0 amide bonds. The number of nitrogens with zero attached hydrogens (tertiary/aromatic N) is 2. The van der Waals surface area contributed by atoms with E-state index in [9.17, 15) is 0 Å². The fourth-order valence-electron chi connectivity index (χ4n) is 8.18. The molecule has 0 fully saturated rings. The van der Waals surface area contributed by atoms with Gasteiger partial charge in [-0.1, -0.05) is 121 Å². The van der Waals surface area contributed by atoms with Gasteiger partial charge in [0.25, 0.3) is 0 Å². The van der Waals surface area contributed by atoms with E-state index >= 15 is 0 Å². The Bertz CT molecular complexity index is 2720. The van der Waals surface area contributed by atoms with Gasteiger partial charge in [0.15, 0.2) is 0 Å². The Kier molecular flexibility index (Phi) is 8.44. The summed E-state index contributed by atoms with van der Waals surface area (Å²) in [5, 5.41) is 2.56. The zero-order chi connectivity index (χ0) is 36.8. The average molecular weight is 695 g/mol. The van der Waals surface area contributed by atoms with Crippen LogP contribution in [0.25, 0.3) is 60.9 Å². The number of fused-ring (bicyclic) bond motifs is 3. The average Bonchev–Trinajstić information content (AvgIpc) is 3.55. The predicted octanol–water partition coefficient (Wildman–Crippen LogP) is 14.5. The Hall–Kier alpha value is -6.64. The molecule has 8 aromatic carbocycles. The van der Waals surface area contributed by atoms with Crippen molar-refractivity contribution < 1.29 is 0 Å². The summed E-state index contributed by atoms with van der Waals surface area (Å²) in [4.78, 5) is 2.38. The molecule has 0 N–H and O–H groups in total. The van der Waals surface area contributed by atoms with Gasteiger partial charge in [0, 0.05) is 33.5 Å². The van der Waals surface area contributed by atoms with Gasteiger partial charge in [0.05, 0.1) is 11.0 Å². The molecule has 260 valence electrons. The third-order valence-electron chi connectivity index (χ3n) is 10.9. The van der Waals surface area contributed by atoms with Crippen LogP contribution in [-0.4, -0.2) is 4.57 Å². The first-order chi connectivity index (χ1) is 26.4. The molecule has 2 nitrogen and oxygen atoms in total. The van der Waals surface area contributed by atoms with Crippen LogP contribution in [0, 0.1) is 27.7 Å². The zero-order valence-corrected chi connectivity index (χ0v) is 31.2. The first-order valence-electron chi connectivity index (χ1n) is 18.8. The van der Waals surface area contributed by atoms with Crippen LogP contribution in [0.3, 0.4) is 0 Å². The maximum absolute atomic E-state index is 2.38. The fraction of sp³-hybridized carbons (Fsp3) is 0.0769. The van der Waals surface area contributed by atoms with Gasteiger partial charge in [-0.25, -0.2) is 0 Å². The maximum atomic E-state index is 2.38. The number of hydrogen-bond acceptors (Lipinski definition) is 1. The van der Waals surface area contributed by atoms with Crippen LogP contribution in [0.1, 0.15) is 22.3 Å². The van der Waals surface area contributed by atoms with Crippen molar-refractivity contribution in [2.45, 2.75) is 27.7 Å². The van der Waals surface area contributed by atoms with Crippen LogP contribution in [-0.2, 0) is 0 Å². The molecule has 2 heteroatoms. The molecule has 9 aromatic rings. The second-order valence-electron chi connectivity index (χ2n) is 14.4. The first-order valence-corrected chi connectivity index (χ1v) is 18.8. The van der Waals surface area contributed by atoms with Gasteiger partial charge >= 0.3 is 0 Å². The topological polar surface area (TPSA) is 8.17 Å². The number of para-hydroxylation sites is 3. The van der Waals surface area contributed by atoms with E-state index in [1.165, 1.54) is 88.8 Å². The molecule has 0 unspecified atom stereocenters. The number of aromatic nitrogens is 1. The van der Waals surface area contributed by atoms with Gasteiger partial charge in [-0.05, 0) is 144 Å². The Morgan fingerprint density at radius 3 is 1.43 bits per heavy atom. The lowest BCUT2D eigenvalue weighted by Crippen LogP contribution is -2.12. The third kappa shape index (κ3) is 5.87. The summed E-state index contributed by atoms with van der Waals surface area (Å²) in [5.41, 5.74) is 19.6. The molecule has 0 radical (unpaired) electrons. The zero-order valence-electron chi connectivity index (χ0n) is 31.2. The smallest absolute Gasteiger partial charge is 0.0541 e. The monoisotopic (exact) mass is 694 g/mol. The number of anilines is 3. The van der Waals surface area contributed by atoms with E-state index in [1.54, 1.807) is 0 Å². The fourth-order valence-corrected chi connectivity index (χ4v) is 8.18. The second kappa shape index (κ2) is 13.7. The molecule has 0 atom stereocenters. The molecule has 1 heterocycles. The van der Waals surface area contributed by atoms with Gasteiger partial charge in [-0.15, -0.1) is 0 Å². The highest BCUT2D eigenvalue weighted by Gasteiger charge is 2.19. The lowest BCUT2D eigenvalue weighted by atomic mass is 9.89. The van der Waals surface area contributed by atoms with Crippen molar-refractivity contribution in [3.8, 4) is 39.1 Å². The van der Waals surface area contributed by atoms with Gasteiger partial charge in [-0.3, -0.25) is 0 Å². The van der Waals surface area contributed by atoms with Gasteiger partial charge in [0.2, 0.25) is 0 Å². The minimum Gasteiger partial charge on any atom is -0.310 e. The van der Waals surface area contributed by atoms with Crippen molar-refractivity contribution in [1.29, 1.82) is 0 Å². The van der Waals surface area contributed by atoms with E-state index in [0.29, 0.717) is 0 Å². The maximum Gasteiger partial charge on any atom is 0.0541 e. The molecule has 1 aromatic heterocycles. The van der Waals surface area contributed by atoms with Crippen molar-refractivity contribution in [1.82, 2.24) is 4.57 Å². The van der Waals surface area contributed by atoms with E-state index in [0.717, 1.165) is 11.4 Å². The molecular weight excluding hydrogens is 653 g/mol. The third-order valence-corrected chi connectivity index (χ3v) is 10.9. The Balaban J connectivity index is 1.06. The highest BCUT2D eigenvalue weighted by molar-refractivity contribution is 6.09. The van der Waals surface area contributed by atoms with Crippen molar-refractivity contribution in [2.24, 2.45) is 0 Å². The second-order valence-corrected chi connectivity index (χ2v) is 14.4. The Morgan fingerprint density at radius 1 is 0.352 bits per heavy atom. The van der Waals surface area contributed by atoms with Crippen LogP contribution in [0.2, 0.25) is 0 Å². The highest BCUT2D eigenvalue weighted by Crippen LogP contribution is 2.42. The lowest BCUT2D eigenvalue weighted by Gasteiger charge is -2.28. The number of aryl methyl sites for hydroxylation is 4. The van der Waals surface area contributed by atoms with Crippen molar-refractivity contribution in [3.63, 3.8) is 0 Å². The van der Waals surface area contributed by atoms with Crippen LogP contribution in [0.5, 0.6) is 0 Å². The van der Waals surface area contributed by atoms with Gasteiger partial charge in [-0.2, -0.15) is 0 Å². The number of rotatable bonds is 7. The summed E-state index contributed by atoms with van der Waals surface area (Å²) in [5.74, 6) is 0. The summed E-state index contributed by atoms with van der Waals surface area (Å²) in [6.07, 6.45) is 0. The summed E-state index contributed by atoms with van der Waals surface area (Å²) in [7, 11) is 0. The largest absolute Gasteiger partial charge is 0.310 e. The molecule has 0 saturated carbocycles. The van der Waals surface area contributed by atoms with E-state index in [2.05, 4.69) is 219 Å². The molecule has 54 heavy (non-hydrogen) atoms. The molecule has 9 rings (SSSR count). The molecule has 0 spiro atoms. The van der Waals surface area contributed by atoms with E-state index < -0.39 is 0 Å². The van der Waals surface area contributed by atoms with E-state index in [4.69, 9.17) is 0 Å². The normalized spacial score (nSPS) is 11.3. The van der Waals surface area contributed by atoms with Crippen LogP contribution in [0.15, 0.2) is 182 Å². The van der Waals surface area contributed by atoms with Gasteiger partial charge in [0.1, 0.15) is 0 Å². The number of benzene rings is 8. The lowest BCUT2D eigenvalue weighted by molar-refractivity contribution is 1.18. The van der Waals surface area contributed by atoms with E-state index in [-0.39, 0.29) is 0 Å². The molecule has 0 aliphatic heterocycles. The van der Waals surface area contributed by atoms with Crippen LogP contribution >= 0.6 is 0 Å². The summed E-state index contributed by atoms with van der Waals surface area (Å²) < 4.78 is 2.38. The highest BCUT2D eigenvalue weighted by atomic mass is 15.1. The van der Waals surface area contributed by atoms with Crippen molar-refractivity contribution in [3.05, 3.63) is 204 Å². The number of hydrogen-bond donors (Lipinski definition) is 0. The SMILES string of the molecule is Cc1cc(-c2cc(C)c(N(c3ccccc3)c3ccc(-c4ccccc4)cc3)cc2C)c(C)cc1-c1ccc(-n2c3ccccc3c3ccccc32)cc1. The molecule has 0 aliphatic carbocycles. The van der Waals surface area contributed by atoms with Gasteiger partial charge < -0.3 is 9.47 Å². The first kappa shape index (κ1) is 33.2. The van der Waals surface area contributed by atoms with Crippen LogP contribution in [0.4, 0.5) is 17.1 Å². The minimum atomic E-state index is 1.14. The standard InChI is InChI=1S/C52H42N2/c1-35-32-48(36(2)31-47(35)41-25-29-44(30-26-41)54-50-21-13-11-19-45(50)46-20-12-14-22-51(46)54)49-33-38(4)52(34-37(49)3)53(42-17-9-6-10-18-42)43-27-23-40(24-28-43)39-15-7-5-8-16-39/h5-34H,1-4H3. The quantitative estimate of drug-likeness (QED) is 0.161.